The molecule has 0 spiro atoms. The Balaban J connectivity index is 1.95. The lowest BCUT2D eigenvalue weighted by atomic mass is 10.1. The van der Waals surface area contributed by atoms with Crippen molar-refractivity contribution in [2.24, 2.45) is 0 Å². The first-order chi connectivity index (χ1) is 11.3. The number of thiocarbonyl (C=S) groups is 1. The molecule has 0 aromatic heterocycles. The van der Waals surface area contributed by atoms with Crippen LogP contribution in [0.2, 0.25) is 0 Å². The van der Waals surface area contributed by atoms with E-state index >= 15 is 0 Å². The largest absolute Gasteiger partial charge is 0.497 e. The van der Waals surface area contributed by atoms with Gasteiger partial charge < -0.3 is 15.0 Å². The molecule has 2 rings (SSSR count). The van der Waals surface area contributed by atoms with Gasteiger partial charge in [-0.1, -0.05) is 12.1 Å². The summed E-state index contributed by atoms with van der Waals surface area (Å²) >= 11 is 5.31. The summed E-state index contributed by atoms with van der Waals surface area (Å²) in [4.78, 5) is 1.75. The molecule has 0 aliphatic rings. The highest BCUT2D eigenvalue weighted by Gasteiger charge is 2.29. The highest BCUT2D eigenvalue weighted by atomic mass is 32.1. The van der Waals surface area contributed by atoms with E-state index in [1.807, 2.05) is 12.1 Å². The second-order valence-electron chi connectivity index (χ2n) is 5.21. The molecule has 2 aromatic carbocycles. The number of nitrogens with one attached hydrogen (secondary N) is 1. The lowest BCUT2D eigenvalue weighted by Gasteiger charge is -2.21. The van der Waals surface area contributed by atoms with Gasteiger partial charge in [0, 0.05) is 19.3 Å². The number of halogens is 3. The average molecular weight is 354 g/mol. The molecule has 0 aliphatic carbocycles. The van der Waals surface area contributed by atoms with Crippen LogP contribution in [0.4, 0.5) is 18.9 Å². The van der Waals surface area contributed by atoms with Gasteiger partial charge in [0.05, 0.1) is 12.7 Å². The van der Waals surface area contributed by atoms with Crippen LogP contribution in [-0.2, 0) is 12.7 Å². The molecule has 128 valence electrons. The number of hydrogen-bond acceptors (Lipinski definition) is 2. The predicted molar refractivity (Wildman–Crippen MR) is 92.1 cm³/mol. The summed E-state index contributed by atoms with van der Waals surface area (Å²) in [5.74, 6) is 0.740. The van der Waals surface area contributed by atoms with Crippen molar-refractivity contribution in [1.82, 2.24) is 4.90 Å². The molecular weight excluding hydrogens is 337 g/mol. The van der Waals surface area contributed by atoms with Gasteiger partial charge in [0.25, 0.3) is 0 Å². The maximum absolute atomic E-state index is 12.6. The third-order valence-corrected chi connectivity index (χ3v) is 3.80. The molecule has 3 nitrogen and oxygen atoms in total. The van der Waals surface area contributed by atoms with Gasteiger partial charge in [-0.3, -0.25) is 0 Å². The Morgan fingerprint density at radius 1 is 1.08 bits per heavy atom. The van der Waals surface area contributed by atoms with Crippen molar-refractivity contribution in [1.29, 1.82) is 0 Å². The minimum Gasteiger partial charge on any atom is -0.497 e. The summed E-state index contributed by atoms with van der Waals surface area (Å²) in [7, 11) is 3.36. The molecule has 0 fully saturated rings. The third kappa shape index (κ3) is 4.86. The number of hydrogen-bond donors (Lipinski definition) is 1. The van der Waals surface area contributed by atoms with Gasteiger partial charge >= 0.3 is 6.18 Å². The quantitative estimate of drug-likeness (QED) is 0.815. The van der Waals surface area contributed by atoms with Gasteiger partial charge in [0.1, 0.15) is 5.75 Å². The van der Waals surface area contributed by atoms with E-state index in [-0.39, 0.29) is 0 Å². The van der Waals surface area contributed by atoms with Crippen LogP contribution in [0, 0.1) is 0 Å². The van der Waals surface area contributed by atoms with Gasteiger partial charge in [-0.05, 0) is 54.2 Å². The van der Waals surface area contributed by atoms with Gasteiger partial charge in [-0.2, -0.15) is 13.2 Å². The first-order valence-electron chi connectivity index (χ1n) is 7.12. The topological polar surface area (TPSA) is 24.5 Å². The zero-order chi connectivity index (χ0) is 17.7. The van der Waals surface area contributed by atoms with Crippen LogP contribution < -0.4 is 10.1 Å². The molecule has 0 saturated carbocycles. The summed E-state index contributed by atoms with van der Waals surface area (Å²) < 4.78 is 42.8. The maximum Gasteiger partial charge on any atom is 0.416 e. The van der Waals surface area contributed by atoms with Gasteiger partial charge in [0.15, 0.2) is 5.11 Å². The lowest BCUT2D eigenvalue weighted by Crippen LogP contribution is -2.30. The minimum absolute atomic E-state index is 0.403. The van der Waals surface area contributed by atoms with Crippen molar-refractivity contribution in [3.63, 3.8) is 0 Å². The van der Waals surface area contributed by atoms with Crippen molar-refractivity contribution in [2.45, 2.75) is 12.7 Å². The molecule has 0 amide bonds. The van der Waals surface area contributed by atoms with E-state index in [0.29, 0.717) is 11.7 Å². The maximum atomic E-state index is 12.6. The van der Waals surface area contributed by atoms with Crippen molar-refractivity contribution in [2.75, 3.05) is 19.5 Å². The first-order valence-corrected chi connectivity index (χ1v) is 7.53. The van der Waals surface area contributed by atoms with E-state index in [2.05, 4.69) is 5.32 Å². The Labute approximate surface area is 144 Å². The van der Waals surface area contributed by atoms with E-state index < -0.39 is 11.7 Å². The lowest BCUT2D eigenvalue weighted by molar-refractivity contribution is -0.137. The number of rotatable bonds is 4. The average Bonchev–Trinajstić information content (AvgIpc) is 2.55. The fourth-order valence-corrected chi connectivity index (χ4v) is 2.22. The van der Waals surface area contributed by atoms with Crippen LogP contribution in [0.5, 0.6) is 5.75 Å². The van der Waals surface area contributed by atoms with E-state index in [4.69, 9.17) is 17.0 Å². The summed E-state index contributed by atoms with van der Waals surface area (Å²) in [6, 6.07) is 12.3. The van der Waals surface area contributed by atoms with Crippen LogP contribution in [0.15, 0.2) is 48.5 Å². The van der Waals surface area contributed by atoms with Gasteiger partial charge in [-0.15, -0.1) is 0 Å². The molecular formula is C17H17F3N2OS. The molecule has 0 saturated heterocycles. The zero-order valence-electron chi connectivity index (χ0n) is 13.2. The number of anilines is 1. The minimum atomic E-state index is -4.32. The van der Waals surface area contributed by atoms with Gasteiger partial charge in [0.2, 0.25) is 0 Å². The molecule has 1 N–H and O–H groups in total. The number of nitrogens with zero attached hydrogens (tertiary/aromatic N) is 1. The Kier molecular flexibility index (Phi) is 5.66. The molecule has 0 heterocycles. The Morgan fingerprint density at radius 2 is 1.67 bits per heavy atom. The Bertz CT molecular complexity index is 684. The van der Waals surface area contributed by atoms with Crippen molar-refractivity contribution < 1.29 is 17.9 Å². The number of benzene rings is 2. The van der Waals surface area contributed by atoms with Crippen molar-refractivity contribution in [3.8, 4) is 5.75 Å². The van der Waals surface area contributed by atoms with Crippen LogP contribution >= 0.6 is 12.2 Å². The summed E-state index contributed by atoms with van der Waals surface area (Å²) in [6.45, 7) is 0.403. The molecule has 2 aromatic rings. The van der Waals surface area contributed by atoms with E-state index in [1.165, 1.54) is 12.1 Å². The van der Waals surface area contributed by atoms with Crippen LogP contribution in [-0.4, -0.2) is 24.2 Å². The van der Waals surface area contributed by atoms with Crippen LogP contribution in [0.3, 0.4) is 0 Å². The fraction of sp³-hybridized carbons (Fsp3) is 0.235. The molecule has 0 atom stereocenters. The standard InChI is InChI=1S/C17H17F3N2OS/c1-22(11-12-3-5-13(6-4-12)17(18,19)20)16(24)21-14-7-9-15(23-2)10-8-14/h3-10H,11H2,1-2H3,(H,21,24). The van der Waals surface area contributed by atoms with E-state index in [9.17, 15) is 13.2 Å². The summed E-state index contributed by atoms with van der Waals surface area (Å²) in [6.07, 6.45) is -4.32. The number of alkyl halides is 3. The molecule has 0 aliphatic heterocycles. The first kappa shape index (κ1) is 18.1. The zero-order valence-corrected chi connectivity index (χ0v) is 14.0. The van der Waals surface area contributed by atoms with E-state index in [0.717, 1.165) is 29.1 Å². The summed E-state index contributed by atoms with van der Waals surface area (Å²) in [5.41, 5.74) is 0.886. The second-order valence-corrected chi connectivity index (χ2v) is 5.60. The van der Waals surface area contributed by atoms with Crippen LogP contribution in [0.25, 0.3) is 0 Å². The van der Waals surface area contributed by atoms with Crippen molar-refractivity contribution >= 4 is 23.0 Å². The summed E-state index contributed by atoms with van der Waals surface area (Å²) in [5, 5.41) is 3.54. The molecule has 0 unspecified atom stereocenters. The van der Waals surface area contributed by atoms with Crippen molar-refractivity contribution in [3.05, 3.63) is 59.7 Å². The molecule has 0 bridgehead atoms. The third-order valence-electron chi connectivity index (χ3n) is 3.39. The van der Waals surface area contributed by atoms with E-state index in [1.54, 1.807) is 31.2 Å². The molecule has 24 heavy (non-hydrogen) atoms. The second kappa shape index (κ2) is 7.53. The molecule has 7 heteroatoms. The fourth-order valence-electron chi connectivity index (χ4n) is 2.04. The van der Waals surface area contributed by atoms with Crippen LogP contribution in [0.1, 0.15) is 11.1 Å². The monoisotopic (exact) mass is 354 g/mol. The molecule has 0 radical (unpaired) electrons. The number of ether oxygens (including phenoxy) is 1. The Morgan fingerprint density at radius 3 is 2.17 bits per heavy atom. The normalized spacial score (nSPS) is 11.0. The smallest absolute Gasteiger partial charge is 0.416 e. The predicted octanol–water partition coefficient (Wildman–Crippen LogP) is 4.54. The SMILES string of the molecule is COc1ccc(NC(=S)N(C)Cc2ccc(C(F)(F)F)cc2)cc1. The number of methoxy groups -OCH3 is 1. The highest BCUT2D eigenvalue weighted by Crippen LogP contribution is 2.29. The Hall–Kier alpha value is -2.28. The highest BCUT2D eigenvalue weighted by molar-refractivity contribution is 7.80. The van der Waals surface area contributed by atoms with Gasteiger partial charge in [-0.25, -0.2) is 0 Å².